The number of carbonyl (C=O) groups excluding carboxylic acids is 3. The number of hydrogen-bond donors (Lipinski definition) is 1. The Labute approximate surface area is 151 Å². The summed E-state index contributed by atoms with van der Waals surface area (Å²) in [5.74, 6) is -0.884. The summed E-state index contributed by atoms with van der Waals surface area (Å²) in [5, 5.41) is 2.77. The molecule has 0 spiro atoms. The van der Waals surface area contributed by atoms with Crippen LogP contribution in [0.25, 0.3) is 0 Å². The van der Waals surface area contributed by atoms with Crippen molar-refractivity contribution in [3.63, 3.8) is 0 Å². The van der Waals surface area contributed by atoms with Gasteiger partial charge >= 0.3 is 5.97 Å². The molecular weight excluding hydrogens is 332 g/mol. The third-order valence-electron chi connectivity index (χ3n) is 4.31. The largest absolute Gasteiger partial charge is 0.465 e. The molecule has 0 unspecified atom stereocenters. The van der Waals surface area contributed by atoms with E-state index in [4.69, 9.17) is 0 Å². The van der Waals surface area contributed by atoms with E-state index in [9.17, 15) is 14.4 Å². The highest BCUT2D eigenvalue weighted by atomic mass is 16.5. The fourth-order valence-corrected chi connectivity index (χ4v) is 2.94. The summed E-state index contributed by atoms with van der Waals surface area (Å²) in [6.45, 7) is 1.55. The van der Waals surface area contributed by atoms with Gasteiger partial charge in [0.2, 0.25) is 0 Å². The van der Waals surface area contributed by atoms with Gasteiger partial charge in [0, 0.05) is 29.9 Å². The van der Waals surface area contributed by atoms with E-state index in [0.717, 1.165) is 25.9 Å². The molecule has 6 heteroatoms. The molecule has 0 saturated carbocycles. The summed E-state index contributed by atoms with van der Waals surface area (Å²) in [5.41, 5.74) is 1.72. The molecule has 26 heavy (non-hydrogen) atoms. The molecule has 3 rings (SSSR count). The van der Waals surface area contributed by atoms with Gasteiger partial charge in [-0.2, -0.15) is 0 Å². The Kier molecular flexibility index (Phi) is 5.31. The summed E-state index contributed by atoms with van der Waals surface area (Å²) in [6, 6.07) is 13.2. The van der Waals surface area contributed by atoms with E-state index in [1.54, 1.807) is 42.5 Å². The van der Waals surface area contributed by atoms with Crippen LogP contribution in [0.1, 0.15) is 43.9 Å². The molecule has 2 amide bonds. The number of ether oxygens (including phenoxy) is 1. The summed E-state index contributed by atoms with van der Waals surface area (Å²) in [6.07, 6.45) is 2.05. The second-order valence-electron chi connectivity index (χ2n) is 6.11. The lowest BCUT2D eigenvalue weighted by Gasteiger charge is -2.15. The Morgan fingerprint density at radius 1 is 0.923 bits per heavy atom. The zero-order valence-electron chi connectivity index (χ0n) is 14.5. The van der Waals surface area contributed by atoms with Gasteiger partial charge in [-0.05, 0) is 49.2 Å². The molecule has 0 aromatic heterocycles. The molecule has 134 valence electrons. The van der Waals surface area contributed by atoms with Gasteiger partial charge in [0.15, 0.2) is 0 Å². The minimum absolute atomic E-state index is 0.0220. The van der Waals surface area contributed by atoms with Crippen LogP contribution >= 0.6 is 0 Å². The van der Waals surface area contributed by atoms with Crippen molar-refractivity contribution in [3.8, 4) is 0 Å². The first-order valence-electron chi connectivity index (χ1n) is 8.47. The highest BCUT2D eigenvalue weighted by Crippen LogP contribution is 2.17. The average Bonchev–Trinajstić information content (AvgIpc) is 3.22. The molecule has 1 N–H and O–H groups in total. The zero-order chi connectivity index (χ0) is 18.5. The zero-order valence-corrected chi connectivity index (χ0v) is 14.5. The summed E-state index contributed by atoms with van der Waals surface area (Å²) >= 11 is 0. The predicted molar refractivity (Wildman–Crippen MR) is 97.3 cm³/mol. The third-order valence-corrected chi connectivity index (χ3v) is 4.31. The Bertz CT molecular complexity index is 841. The van der Waals surface area contributed by atoms with Crippen molar-refractivity contribution < 1.29 is 19.1 Å². The maximum absolute atomic E-state index is 12.5. The Morgan fingerprint density at radius 2 is 1.58 bits per heavy atom. The lowest BCUT2D eigenvalue weighted by Crippen LogP contribution is -2.27. The van der Waals surface area contributed by atoms with E-state index in [1.165, 1.54) is 13.2 Å². The SMILES string of the molecule is COC(=O)c1cccc(C(=O)Nc2cccc(C(=O)N3CCCC3)c2)c1. The first-order chi connectivity index (χ1) is 12.6. The van der Waals surface area contributed by atoms with Crippen LogP contribution < -0.4 is 5.32 Å². The summed E-state index contributed by atoms with van der Waals surface area (Å²) in [4.78, 5) is 38.3. The molecule has 1 fully saturated rings. The van der Waals surface area contributed by atoms with Crippen LogP contribution in [0.4, 0.5) is 5.69 Å². The van der Waals surface area contributed by atoms with Crippen LogP contribution in [0.5, 0.6) is 0 Å². The van der Waals surface area contributed by atoms with E-state index in [2.05, 4.69) is 10.1 Å². The second kappa shape index (κ2) is 7.82. The highest BCUT2D eigenvalue weighted by Gasteiger charge is 2.20. The summed E-state index contributed by atoms with van der Waals surface area (Å²) in [7, 11) is 1.29. The minimum Gasteiger partial charge on any atom is -0.465 e. The van der Waals surface area contributed by atoms with Crippen molar-refractivity contribution in [2.24, 2.45) is 0 Å². The number of anilines is 1. The van der Waals surface area contributed by atoms with Crippen LogP contribution in [-0.2, 0) is 4.74 Å². The van der Waals surface area contributed by atoms with Gasteiger partial charge in [-0.1, -0.05) is 12.1 Å². The fourth-order valence-electron chi connectivity index (χ4n) is 2.94. The number of benzene rings is 2. The number of rotatable bonds is 4. The third kappa shape index (κ3) is 3.91. The van der Waals surface area contributed by atoms with E-state index >= 15 is 0 Å². The van der Waals surface area contributed by atoms with Crippen molar-refractivity contribution in [1.29, 1.82) is 0 Å². The molecule has 1 aliphatic heterocycles. The Morgan fingerprint density at radius 3 is 2.31 bits per heavy atom. The number of esters is 1. The van der Waals surface area contributed by atoms with Crippen molar-refractivity contribution in [1.82, 2.24) is 4.90 Å². The lowest BCUT2D eigenvalue weighted by molar-refractivity contribution is 0.0600. The van der Waals surface area contributed by atoms with Gasteiger partial charge in [-0.15, -0.1) is 0 Å². The Balaban J connectivity index is 1.74. The number of hydrogen-bond acceptors (Lipinski definition) is 4. The molecule has 2 aromatic carbocycles. The number of nitrogens with one attached hydrogen (secondary N) is 1. The monoisotopic (exact) mass is 352 g/mol. The van der Waals surface area contributed by atoms with E-state index < -0.39 is 5.97 Å². The van der Waals surface area contributed by atoms with Gasteiger partial charge in [0.05, 0.1) is 12.7 Å². The second-order valence-corrected chi connectivity index (χ2v) is 6.11. The quantitative estimate of drug-likeness (QED) is 0.859. The van der Waals surface area contributed by atoms with Crippen LogP contribution in [-0.4, -0.2) is 42.9 Å². The number of nitrogens with zero attached hydrogens (tertiary/aromatic N) is 1. The van der Waals surface area contributed by atoms with Gasteiger partial charge in [0.25, 0.3) is 11.8 Å². The van der Waals surface area contributed by atoms with Gasteiger partial charge in [-0.3, -0.25) is 9.59 Å². The van der Waals surface area contributed by atoms with E-state index in [-0.39, 0.29) is 11.8 Å². The fraction of sp³-hybridized carbons (Fsp3) is 0.250. The van der Waals surface area contributed by atoms with Crippen molar-refractivity contribution in [2.75, 3.05) is 25.5 Å². The van der Waals surface area contributed by atoms with Crippen molar-refractivity contribution in [3.05, 3.63) is 65.2 Å². The molecule has 1 aliphatic rings. The highest BCUT2D eigenvalue weighted by molar-refractivity contribution is 6.06. The minimum atomic E-state index is -0.502. The number of methoxy groups -OCH3 is 1. The van der Waals surface area contributed by atoms with Gasteiger partial charge in [0.1, 0.15) is 0 Å². The molecule has 0 bridgehead atoms. The van der Waals surface area contributed by atoms with E-state index in [0.29, 0.717) is 22.4 Å². The Hall–Kier alpha value is -3.15. The first-order valence-corrected chi connectivity index (χ1v) is 8.47. The number of amides is 2. The van der Waals surface area contributed by atoms with Gasteiger partial charge in [-0.25, -0.2) is 4.79 Å². The maximum Gasteiger partial charge on any atom is 0.337 e. The van der Waals surface area contributed by atoms with E-state index in [1.807, 2.05) is 4.90 Å². The molecule has 6 nitrogen and oxygen atoms in total. The van der Waals surface area contributed by atoms with Crippen LogP contribution in [0, 0.1) is 0 Å². The molecule has 1 heterocycles. The average molecular weight is 352 g/mol. The smallest absolute Gasteiger partial charge is 0.337 e. The molecule has 0 radical (unpaired) electrons. The number of carbonyl (C=O) groups is 3. The van der Waals surface area contributed by atoms with Crippen LogP contribution in [0.3, 0.4) is 0 Å². The van der Waals surface area contributed by atoms with Crippen LogP contribution in [0.2, 0.25) is 0 Å². The van der Waals surface area contributed by atoms with Gasteiger partial charge < -0.3 is 15.0 Å². The maximum atomic E-state index is 12.5. The lowest BCUT2D eigenvalue weighted by atomic mass is 10.1. The first kappa shape index (κ1) is 17.7. The summed E-state index contributed by atoms with van der Waals surface area (Å²) < 4.78 is 4.67. The molecule has 2 aromatic rings. The number of likely N-dealkylation sites (tertiary alicyclic amines) is 1. The molecule has 0 atom stereocenters. The molecular formula is C20H20N2O4. The van der Waals surface area contributed by atoms with Crippen LogP contribution in [0.15, 0.2) is 48.5 Å². The topological polar surface area (TPSA) is 75.7 Å². The van der Waals surface area contributed by atoms with Crippen molar-refractivity contribution in [2.45, 2.75) is 12.8 Å². The standard InChI is InChI=1S/C20H20N2O4/c1-26-20(25)16-8-4-6-14(12-16)18(23)21-17-9-5-7-15(13-17)19(24)22-10-2-3-11-22/h4-9,12-13H,2-3,10-11H2,1H3,(H,21,23). The van der Waals surface area contributed by atoms with Crippen molar-refractivity contribution >= 4 is 23.5 Å². The molecule has 0 aliphatic carbocycles. The normalized spacial score (nSPS) is 13.3. The predicted octanol–water partition coefficient (Wildman–Crippen LogP) is 2.96. The molecule has 1 saturated heterocycles.